The van der Waals surface area contributed by atoms with Gasteiger partial charge < -0.3 is 9.73 Å². The van der Waals surface area contributed by atoms with Crippen molar-refractivity contribution in [3.63, 3.8) is 0 Å². The van der Waals surface area contributed by atoms with Crippen LogP contribution in [0.25, 0.3) is 11.3 Å². The molecule has 1 heterocycles. The van der Waals surface area contributed by atoms with Crippen LogP contribution in [0, 0.1) is 30.6 Å². The highest BCUT2D eigenvalue weighted by molar-refractivity contribution is 6.31. The summed E-state index contributed by atoms with van der Waals surface area (Å²) in [5.41, 5.74) is 2.20. The van der Waals surface area contributed by atoms with Crippen molar-refractivity contribution in [2.24, 2.45) is 23.7 Å². The molecular formula is C22H27ClNO+. The van der Waals surface area contributed by atoms with Gasteiger partial charge >= 0.3 is 0 Å². The molecule has 4 aliphatic rings. The largest absolute Gasteiger partial charge is 0.455 e. The van der Waals surface area contributed by atoms with Crippen LogP contribution in [0.2, 0.25) is 5.02 Å². The van der Waals surface area contributed by atoms with Crippen molar-refractivity contribution in [1.82, 2.24) is 0 Å². The van der Waals surface area contributed by atoms with Gasteiger partial charge in [0, 0.05) is 22.4 Å². The zero-order valence-electron chi connectivity index (χ0n) is 14.9. The first-order chi connectivity index (χ1) is 12.2. The normalized spacial score (nSPS) is 33.1. The Hall–Kier alpha value is -1.25. The second kappa shape index (κ2) is 6.17. The van der Waals surface area contributed by atoms with E-state index in [2.05, 4.69) is 30.4 Å². The molecule has 4 aliphatic carbocycles. The minimum absolute atomic E-state index is 0.801. The van der Waals surface area contributed by atoms with E-state index in [0.29, 0.717) is 0 Å². The molecule has 0 saturated heterocycles. The van der Waals surface area contributed by atoms with Crippen molar-refractivity contribution in [3.05, 3.63) is 46.7 Å². The van der Waals surface area contributed by atoms with Gasteiger partial charge in [-0.25, -0.2) is 0 Å². The van der Waals surface area contributed by atoms with Crippen molar-refractivity contribution < 1.29 is 9.73 Å². The second-order valence-corrected chi connectivity index (χ2v) is 9.03. The highest BCUT2D eigenvalue weighted by Crippen LogP contribution is 2.52. The molecule has 0 aliphatic heterocycles. The molecule has 1 aromatic carbocycles. The molecule has 1 aromatic heterocycles. The second-order valence-electron chi connectivity index (χ2n) is 8.63. The molecule has 4 saturated carbocycles. The molecule has 6 rings (SSSR count). The standard InChI is InChI=1S/C22H26ClNO/c1-13-19(3-2-4-20(13)23)21-6-5-18(25-21)12-24-22-16-8-14-7-15(10-16)11-17(22)9-14/h2-6,14-17,22,24H,7-12H2,1H3/p+1. The number of furan rings is 1. The van der Waals surface area contributed by atoms with E-state index in [1.165, 1.54) is 32.1 Å². The lowest BCUT2D eigenvalue weighted by atomic mass is 9.54. The Kier molecular flexibility index (Phi) is 3.94. The van der Waals surface area contributed by atoms with Crippen molar-refractivity contribution in [2.45, 2.75) is 51.6 Å². The molecule has 0 spiro atoms. The zero-order chi connectivity index (χ0) is 17.0. The molecule has 2 N–H and O–H groups in total. The summed E-state index contributed by atoms with van der Waals surface area (Å²) in [5.74, 6) is 6.04. The quantitative estimate of drug-likeness (QED) is 0.838. The fraction of sp³-hybridized carbons (Fsp3) is 0.545. The molecule has 0 atom stereocenters. The Morgan fingerprint density at radius 1 is 1.00 bits per heavy atom. The minimum Gasteiger partial charge on any atom is -0.455 e. The fourth-order valence-corrected chi connectivity index (χ4v) is 6.29. The first-order valence-electron chi connectivity index (χ1n) is 9.85. The summed E-state index contributed by atoms with van der Waals surface area (Å²) < 4.78 is 6.16. The Morgan fingerprint density at radius 2 is 1.72 bits per heavy atom. The van der Waals surface area contributed by atoms with E-state index in [9.17, 15) is 0 Å². The highest BCUT2D eigenvalue weighted by atomic mass is 35.5. The number of halogens is 1. The van der Waals surface area contributed by atoms with Gasteiger partial charge in [-0.05, 0) is 74.6 Å². The fourth-order valence-electron chi connectivity index (χ4n) is 6.11. The topological polar surface area (TPSA) is 29.8 Å². The highest BCUT2D eigenvalue weighted by Gasteiger charge is 2.50. The SMILES string of the molecule is Cc1c(Cl)cccc1-c1ccc(C[NH2+]C2C3CC4CC(C3)CC2C4)o1. The van der Waals surface area contributed by atoms with E-state index in [4.69, 9.17) is 16.0 Å². The van der Waals surface area contributed by atoms with Gasteiger partial charge in [0.25, 0.3) is 0 Å². The van der Waals surface area contributed by atoms with Gasteiger partial charge in [-0.1, -0.05) is 23.7 Å². The summed E-state index contributed by atoms with van der Waals surface area (Å²) >= 11 is 6.26. The maximum Gasteiger partial charge on any atom is 0.158 e. The van der Waals surface area contributed by atoms with Crippen molar-refractivity contribution in [1.29, 1.82) is 0 Å². The number of quaternary nitrogens is 1. The molecule has 0 amide bonds. The first kappa shape index (κ1) is 16.0. The van der Waals surface area contributed by atoms with Gasteiger partial charge in [-0.2, -0.15) is 0 Å². The number of benzene rings is 1. The molecule has 2 aromatic rings. The minimum atomic E-state index is 0.801. The van der Waals surface area contributed by atoms with Gasteiger partial charge in [0.2, 0.25) is 0 Å². The Bertz CT molecular complexity index is 752. The van der Waals surface area contributed by atoms with Crippen LogP contribution in [-0.2, 0) is 6.54 Å². The Morgan fingerprint density at radius 3 is 2.44 bits per heavy atom. The third-order valence-corrected chi connectivity index (χ3v) is 7.50. The Labute approximate surface area is 154 Å². The third kappa shape index (κ3) is 2.84. The maximum atomic E-state index is 6.26. The molecule has 4 bridgehead atoms. The summed E-state index contributed by atoms with van der Waals surface area (Å²) in [4.78, 5) is 0. The van der Waals surface area contributed by atoms with E-state index < -0.39 is 0 Å². The van der Waals surface area contributed by atoms with Crippen molar-refractivity contribution >= 4 is 11.6 Å². The van der Waals surface area contributed by atoms with E-state index in [0.717, 1.165) is 63.9 Å². The van der Waals surface area contributed by atoms with E-state index in [-0.39, 0.29) is 0 Å². The number of hydrogen-bond acceptors (Lipinski definition) is 1. The smallest absolute Gasteiger partial charge is 0.158 e. The summed E-state index contributed by atoms with van der Waals surface area (Å²) in [6, 6.07) is 11.1. The summed E-state index contributed by atoms with van der Waals surface area (Å²) in [5, 5.41) is 3.39. The van der Waals surface area contributed by atoms with E-state index in [1.807, 2.05) is 12.1 Å². The lowest BCUT2D eigenvalue weighted by molar-refractivity contribution is -0.724. The van der Waals surface area contributed by atoms with Crippen LogP contribution in [0.3, 0.4) is 0 Å². The van der Waals surface area contributed by atoms with Gasteiger partial charge in [0.15, 0.2) is 5.76 Å². The average Bonchev–Trinajstić information content (AvgIpc) is 3.05. The molecule has 0 unspecified atom stereocenters. The van der Waals surface area contributed by atoms with Crippen LogP contribution in [0.5, 0.6) is 0 Å². The Balaban J connectivity index is 1.28. The molecule has 132 valence electrons. The lowest BCUT2D eigenvalue weighted by Crippen LogP contribution is -2.93. The van der Waals surface area contributed by atoms with Gasteiger partial charge in [-0.15, -0.1) is 0 Å². The van der Waals surface area contributed by atoms with Gasteiger partial charge in [0.1, 0.15) is 12.3 Å². The third-order valence-electron chi connectivity index (χ3n) is 7.09. The van der Waals surface area contributed by atoms with Crippen LogP contribution in [0.15, 0.2) is 34.7 Å². The predicted molar refractivity (Wildman–Crippen MR) is 100 cm³/mol. The van der Waals surface area contributed by atoms with Crippen LogP contribution in [0.4, 0.5) is 0 Å². The number of nitrogens with two attached hydrogens (primary N) is 1. The average molecular weight is 357 g/mol. The molecule has 0 radical (unpaired) electrons. The van der Waals surface area contributed by atoms with Crippen LogP contribution in [0.1, 0.15) is 43.4 Å². The summed E-state index contributed by atoms with van der Waals surface area (Å²) in [6.07, 6.45) is 7.47. The molecule has 4 fully saturated rings. The summed E-state index contributed by atoms with van der Waals surface area (Å²) in [6.45, 7) is 3.02. The maximum absolute atomic E-state index is 6.26. The zero-order valence-corrected chi connectivity index (χ0v) is 15.6. The van der Waals surface area contributed by atoms with E-state index >= 15 is 0 Å². The van der Waals surface area contributed by atoms with Crippen LogP contribution < -0.4 is 5.32 Å². The molecule has 25 heavy (non-hydrogen) atoms. The van der Waals surface area contributed by atoms with Crippen LogP contribution in [-0.4, -0.2) is 6.04 Å². The van der Waals surface area contributed by atoms with Crippen molar-refractivity contribution in [3.8, 4) is 11.3 Å². The predicted octanol–water partition coefficient (Wildman–Crippen LogP) is 4.80. The number of hydrogen-bond donors (Lipinski definition) is 1. The van der Waals surface area contributed by atoms with E-state index in [1.54, 1.807) is 0 Å². The molecule has 2 nitrogen and oxygen atoms in total. The van der Waals surface area contributed by atoms with Crippen molar-refractivity contribution in [2.75, 3.05) is 0 Å². The lowest BCUT2D eigenvalue weighted by Gasteiger charge is -2.52. The number of rotatable bonds is 4. The molecular weight excluding hydrogens is 330 g/mol. The van der Waals surface area contributed by atoms with Gasteiger partial charge in [-0.3, -0.25) is 0 Å². The monoisotopic (exact) mass is 356 g/mol. The van der Waals surface area contributed by atoms with Gasteiger partial charge in [0.05, 0.1) is 6.04 Å². The first-order valence-corrected chi connectivity index (χ1v) is 10.2. The summed E-state index contributed by atoms with van der Waals surface area (Å²) in [7, 11) is 0. The molecule has 3 heteroatoms. The van der Waals surface area contributed by atoms with Crippen LogP contribution >= 0.6 is 11.6 Å².